The van der Waals surface area contributed by atoms with Gasteiger partial charge in [0, 0.05) is 11.3 Å². The fourth-order valence-corrected chi connectivity index (χ4v) is 2.97. The van der Waals surface area contributed by atoms with E-state index in [9.17, 15) is 4.79 Å². The highest BCUT2D eigenvalue weighted by Crippen LogP contribution is 2.26. The molecule has 0 radical (unpaired) electrons. The van der Waals surface area contributed by atoms with E-state index in [1.807, 2.05) is 56.3 Å². The first-order chi connectivity index (χ1) is 12.5. The average molecular weight is 369 g/mol. The molecule has 0 bridgehead atoms. The third-order valence-electron chi connectivity index (χ3n) is 3.71. The van der Waals surface area contributed by atoms with Crippen LogP contribution in [0.1, 0.15) is 11.1 Å². The van der Waals surface area contributed by atoms with Crippen LogP contribution in [0.3, 0.4) is 0 Å². The number of aromatic nitrogens is 2. The largest absolute Gasteiger partial charge is 0.497 e. The second-order valence-corrected chi connectivity index (χ2v) is 6.69. The molecule has 1 amide bonds. The number of nitrogens with zero attached hydrogens (tertiary/aromatic N) is 2. The van der Waals surface area contributed by atoms with Crippen LogP contribution >= 0.6 is 11.8 Å². The first-order valence-corrected chi connectivity index (χ1v) is 9.01. The van der Waals surface area contributed by atoms with Gasteiger partial charge in [-0.2, -0.15) is 0 Å². The number of methoxy groups -OCH3 is 1. The second kappa shape index (κ2) is 8.05. The molecule has 26 heavy (non-hydrogen) atoms. The standard InChI is InChI=1S/C19H19N3O3S/c1-12-7-8-16(13(2)9-12)20-17(23)11-26-19-22-21-18(25-19)14-5-4-6-15(10-14)24-3/h4-10H,11H2,1-3H3,(H,20,23). The van der Waals surface area contributed by atoms with Gasteiger partial charge in [-0.1, -0.05) is 35.5 Å². The van der Waals surface area contributed by atoms with Gasteiger partial charge in [-0.3, -0.25) is 4.79 Å². The van der Waals surface area contributed by atoms with Crippen LogP contribution in [0.25, 0.3) is 11.5 Å². The minimum absolute atomic E-state index is 0.122. The number of carbonyl (C=O) groups is 1. The Morgan fingerprint density at radius 2 is 2.04 bits per heavy atom. The Balaban J connectivity index is 1.60. The Labute approximate surface area is 156 Å². The number of aryl methyl sites for hydroxylation is 2. The number of rotatable bonds is 6. The van der Waals surface area contributed by atoms with Crippen LogP contribution in [0.2, 0.25) is 0 Å². The van der Waals surface area contributed by atoms with Gasteiger partial charge < -0.3 is 14.5 Å². The minimum Gasteiger partial charge on any atom is -0.497 e. The fraction of sp³-hybridized carbons (Fsp3) is 0.211. The number of ether oxygens (including phenoxy) is 1. The summed E-state index contributed by atoms with van der Waals surface area (Å²) in [6.07, 6.45) is 0. The predicted octanol–water partition coefficient (Wildman–Crippen LogP) is 4.09. The van der Waals surface area contributed by atoms with E-state index in [4.69, 9.17) is 9.15 Å². The van der Waals surface area contributed by atoms with Crippen molar-refractivity contribution in [1.82, 2.24) is 10.2 Å². The van der Waals surface area contributed by atoms with E-state index in [1.165, 1.54) is 11.8 Å². The number of thioether (sulfide) groups is 1. The van der Waals surface area contributed by atoms with Crippen LogP contribution in [0.4, 0.5) is 5.69 Å². The van der Waals surface area contributed by atoms with Crippen molar-refractivity contribution in [3.8, 4) is 17.2 Å². The van der Waals surface area contributed by atoms with E-state index in [-0.39, 0.29) is 11.7 Å². The van der Waals surface area contributed by atoms with Crippen molar-refractivity contribution in [1.29, 1.82) is 0 Å². The number of hydrogen-bond donors (Lipinski definition) is 1. The third kappa shape index (κ3) is 4.43. The SMILES string of the molecule is COc1cccc(-c2nnc(SCC(=O)Nc3ccc(C)cc3C)o2)c1. The first kappa shape index (κ1) is 18.0. The van der Waals surface area contributed by atoms with Gasteiger partial charge in [0.2, 0.25) is 11.8 Å². The van der Waals surface area contributed by atoms with Crippen molar-refractivity contribution in [2.24, 2.45) is 0 Å². The molecule has 1 heterocycles. The van der Waals surface area contributed by atoms with E-state index in [2.05, 4.69) is 15.5 Å². The summed E-state index contributed by atoms with van der Waals surface area (Å²) in [4.78, 5) is 12.1. The number of anilines is 1. The number of nitrogens with one attached hydrogen (secondary N) is 1. The molecular weight excluding hydrogens is 350 g/mol. The summed E-state index contributed by atoms with van der Waals surface area (Å²) in [6.45, 7) is 3.98. The third-order valence-corrected chi connectivity index (χ3v) is 4.52. The predicted molar refractivity (Wildman–Crippen MR) is 102 cm³/mol. The summed E-state index contributed by atoms with van der Waals surface area (Å²) in [6, 6.07) is 13.3. The summed E-state index contributed by atoms with van der Waals surface area (Å²) >= 11 is 1.20. The van der Waals surface area contributed by atoms with Gasteiger partial charge in [0.15, 0.2) is 0 Å². The van der Waals surface area contributed by atoms with Gasteiger partial charge >= 0.3 is 0 Å². The quantitative estimate of drug-likeness (QED) is 0.660. The summed E-state index contributed by atoms with van der Waals surface area (Å²) < 4.78 is 10.8. The minimum atomic E-state index is -0.122. The van der Waals surface area contributed by atoms with Crippen molar-refractivity contribution >= 4 is 23.4 Å². The Morgan fingerprint density at radius 1 is 1.19 bits per heavy atom. The molecule has 3 rings (SSSR count). The molecule has 1 N–H and O–H groups in total. The van der Waals surface area contributed by atoms with Crippen LogP contribution < -0.4 is 10.1 Å². The monoisotopic (exact) mass is 369 g/mol. The summed E-state index contributed by atoms with van der Waals surface area (Å²) in [5, 5.41) is 11.2. The molecule has 0 aliphatic heterocycles. The topological polar surface area (TPSA) is 77.2 Å². The molecular formula is C19H19N3O3S. The molecule has 0 atom stereocenters. The van der Waals surface area contributed by atoms with Crippen molar-refractivity contribution in [3.63, 3.8) is 0 Å². The smallest absolute Gasteiger partial charge is 0.277 e. The second-order valence-electron chi connectivity index (χ2n) is 5.76. The summed E-state index contributed by atoms with van der Waals surface area (Å²) in [7, 11) is 1.60. The van der Waals surface area contributed by atoms with Crippen molar-refractivity contribution < 1.29 is 13.9 Å². The highest BCUT2D eigenvalue weighted by atomic mass is 32.2. The molecule has 6 nitrogen and oxygen atoms in total. The van der Waals surface area contributed by atoms with Crippen molar-refractivity contribution in [2.75, 3.05) is 18.2 Å². The number of hydrogen-bond acceptors (Lipinski definition) is 6. The maximum absolute atomic E-state index is 12.1. The number of benzene rings is 2. The first-order valence-electron chi connectivity index (χ1n) is 8.03. The molecule has 134 valence electrons. The number of amides is 1. The molecule has 2 aromatic carbocycles. The van der Waals surface area contributed by atoms with E-state index >= 15 is 0 Å². The lowest BCUT2D eigenvalue weighted by atomic mass is 10.1. The van der Waals surface area contributed by atoms with Crippen LogP contribution in [0.5, 0.6) is 5.75 Å². The van der Waals surface area contributed by atoms with E-state index in [1.54, 1.807) is 7.11 Å². The fourth-order valence-electron chi connectivity index (χ4n) is 2.41. The maximum atomic E-state index is 12.1. The molecule has 1 aromatic heterocycles. The zero-order valence-corrected chi connectivity index (χ0v) is 15.6. The Bertz CT molecular complexity index is 924. The molecule has 0 aliphatic carbocycles. The van der Waals surface area contributed by atoms with Gasteiger partial charge in [-0.05, 0) is 43.7 Å². The van der Waals surface area contributed by atoms with E-state index < -0.39 is 0 Å². The van der Waals surface area contributed by atoms with Gasteiger partial charge in [-0.15, -0.1) is 10.2 Å². The van der Waals surface area contributed by atoms with Crippen LogP contribution in [-0.4, -0.2) is 29.0 Å². The lowest BCUT2D eigenvalue weighted by Crippen LogP contribution is -2.14. The molecule has 0 fully saturated rings. The molecule has 0 saturated heterocycles. The molecule has 0 unspecified atom stereocenters. The highest BCUT2D eigenvalue weighted by Gasteiger charge is 2.12. The summed E-state index contributed by atoms with van der Waals surface area (Å²) in [5.74, 6) is 1.17. The maximum Gasteiger partial charge on any atom is 0.277 e. The zero-order chi connectivity index (χ0) is 18.5. The van der Waals surface area contributed by atoms with Crippen LogP contribution in [0.15, 0.2) is 52.1 Å². The van der Waals surface area contributed by atoms with Crippen LogP contribution in [0, 0.1) is 13.8 Å². The van der Waals surface area contributed by atoms with Gasteiger partial charge in [0.1, 0.15) is 5.75 Å². The van der Waals surface area contributed by atoms with Crippen LogP contribution in [-0.2, 0) is 4.79 Å². The van der Waals surface area contributed by atoms with Gasteiger partial charge in [-0.25, -0.2) is 0 Å². The average Bonchev–Trinajstić information content (AvgIpc) is 3.11. The lowest BCUT2D eigenvalue weighted by molar-refractivity contribution is -0.113. The highest BCUT2D eigenvalue weighted by molar-refractivity contribution is 7.99. The molecule has 7 heteroatoms. The Kier molecular flexibility index (Phi) is 5.58. The lowest BCUT2D eigenvalue weighted by Gasteiger charge is -2.08. The normalized spacial score (nSPS) is 10.6. The molecule has 3 aromatic rings. The van der Waals surface area contributed by atoms with E-state index in [0.717, 1.165) is 22.4 Å². The Hall–Kier alpha value is -2.80. The van der Waals surface area contributed by atoms with E-state index in [0.29, 0.717) is 16.9 Å². The van der Waals surface area contributed by atoms with Gasteiger partial charge in [0.05, 0.1) is 12.9 Å². The Morgan fingerprint density at radius 3 is 2.81 bits per heavy atom. The molecule has 0 saturated carbocycles. The number of carbonyl (C=O) groups excluding carboxylic acids is 1. The molecule has 0 aliphatic rings. The zero-order valence-electron chi connectivity index (χ0n) is 14.8. The van der Waals surface area contributed by atoms with Crippen molar-refractivity contribution in [3.05, 3.63) is 53.6 Å². The van der Waals surface area contributed by atoms with Crippen molar-refractivity contribution in [2.45, 2.75) is 19.1 Å². The molecule has 0 spiro atoms. The van der Waals surface area contributed by atoms with Gasteiger partial charge in [0.25, 0.3) is 5.22 Å². The summed E-state index contributed by atoms with van der Waals surface area (Å²) in [5.41, 5.74) is 3.76.